The first kappa shape index (κ1) is 23.3. The Morgan fingerprint density at radius 2 is 1.81 bits per heavy atom. The van der Waals surface area contributed by atoms with Gasteiger partial charge in [0.15, 0.2) is 18.2 Å². The first-order valence-corrected chi connectivity index (χ1v) is 11.4. The molecule has 0 spiro atoms. The zero-order valence-electron chi connectivity index (χ0n) is 17.7. The lowest BCUT2D eigenvalue weighted by molar-refractivity contribution is -0.142. The third-order valence-electron chi connectivity index (χ3n) is 5.57. The summed E-state index contributed by atoms with van der Waals surface area (Å²) in [4.78, 5) is 27.4. The Hall–Kier alpha value is -2.41. The van der Waals surface area contributed by atoms with Crippen LogP contribution in [0, 0.1) is 5.82 Å². The fourth-order valence-corrected chi connectivity index (χ4v) is 3.99. The minimum Gasteiger partial charge on any atom is -0.481 e. The summed E-state index contributed by atoms with van der Waals surface area (Å²) in [5, 5.41) is 3.09. The number of nitrogens with one attached hydrogen (secondary N) is 1. The number of hydrogen-bond acceptors (Lipinski definition) is 3. The average molecular weight is 491 g/mol. The van der Waals surface area contributed by atoms with Gasteiger partial charge in [-0.2, -0.15) is 0 Å². The maximum atomic E-state index is 13.9. The van der Waals surface area contributed by atoms with Gasteiger partial charge in [0.25, 0.3) is 5.91 Å². The monoisotopic (exact) mass is 490 g/mol. The molecule has 5 nitrogen and oxygen atoms in total. The molecule has 3 rings (SSSR count). The Balaban J connectivity index is 1.70. The van der Waals surface area contributed by atoms with Crippen molar-refractivity contribution in [1.29, 1.82) is 0 Å². The van der Waals surface area contributed by atoms with Crippen LogP contribution in [0.2, 0.25) is 0 Å². The van der Waals surface area contributed by atoms with E-state index in [2.05, 4.69) is 21.2 Å². The van der Waals surface area contributed by atoms with Crippen LogP contribution < -0.4 is 10.1 Å². The van der Waals surface area contributed by atoms with Crippen LogP contribution in [0.15, 0.2) is 53.0 Å². The standard InChI is InChI=1S/C24H28BrFN2O3/c1-17(24(30)27-20-7-3-2-4-8-20)28(15-18-11-13-19(25)14-12-18)23(29)16-31-22-10-6-5-9-21(22)26/h5-6,9-14,17,20H,2-4,7-8,15-16H2,1H3,(H,27,30)/t17-/m0/s1. The third kappa shape index (κ3) is 6.79. The molecular weight excluding hydrogens is 463 g/mol. The van der Waals surface area contributed by atoms with Gasteiger partial charge in [0.2, 0.25) is 5.91 Å². The molecular formula is C24H28BrFN2O3. The summed E-state index contributed by atoms with van der Waals surface area (Å²) in [5.74, 6) is -1.07. The number of halogens is 2. The highest BCUT2D eigenvalue weighted by molar-refractivity contribution is 9.10. The lowest BCUT2D eigenvalue weighted by Gasteiger charge is -2.31. The van der Waals surface area contributed by atoms with E-state index in [0.29, 0.717) is 0 Å². The number of amides is 2. The van der Waals surface area contributed by atoms with E-state index in [1.54, 1.807) is 19.1 Å². The predicted octanol–water partition coefficient (Wildman–Crippen LogP) is 4.83. The molecule has 0 bridgehead atoms. The fourth-order valence-electron chi connectivity index (χ4n) is 3.72. The van der Waals surface area contributed by atoms with Gasteiger partial charge < -0.3 is 15.0 Å². The van der Waals surface area contributed by atoms with Gasteiger partial charge in [0.05, 0.1) is 0 Å². The zero-order valence-corrected chi connectivity index (χ0v) is 19.2. The number of rotatable bonds is 8. The quantitative estimate of drug-likeness (QED) is 0.576. The number of benzene rings is 2. The van der Waals surface area contributed by atoms with Gasteiger partial charge in [-0.15, -0.1) is 0 Å². The molecule has 31 heavy (non-hydrogen) atoms. The van der Waals surface area contributed by atoms with Crippen LogP contribution in [0.5, 0.6) is 5.75 Å². The third-order valence-corrected chi connectivity index (χ3v) is 6.10. The maximum Gasteiger partial charge on any atom is 0.261 e. The molecule has 0 saturated heterocycles. The molecule has 1 aliphatic carbocycles. The fraction of sp³-hybridized carbons (Fsp3) is 0.417. The molecule has 0 unspecified atom stereocenters. The van der Waals surface area contributed by atoms with E-state index < -0.39 is 11.9 Å². The number of carbonyl (C=O) groups excluding carboxylic acids is 2. The molecule has 1 saturated carbocycles. The average Bonchev–Trinajstić information content (AvgIpc) is 2.78. The Morgan fingerprint density at radius 1 is 1.13 bits per heavy atom. The van der Waals surface area contributed by atoms with Gasteiger partial charge in [0.1, 0.15) is 6.04 Å². The topological polar surface area (TPSA) is 58.6 Å². The molecule has 2 aromatic rings. The van der Waals surface area contributed by atoms with Crippen LogP contribution in [0.25, 0.3) is 0 Å². The van der Waals surface area contributed by atoms with Crippen molar-refractivity contribution >= 4 is 27.7 Å². The van der Waals surface area contributed by atoms with E-state index in [1.807, 2.05) is 24.3 Å². The molecule has 7 heteroatoms. The van der Waals surface area contributed by atoms with Gasteiger partial charge in [-0.1, -0.05) is 59.5 Å². The van der Waals surface area contributed by atoms with Crippen LogP contribution in [0.1, 0.15) is 44.6 Å². The normalized spacial score (nSPS) is 15.2. The summed E-state index contributed by atoms with van der Waals surface area (Å²) in [7, 11) is 0. The first-order valence-electron chi connectivity index (χ1n) is 10.7. The van der Waals surface area contributed by atoms with Gasteiger partial charge in [-0.25, -0.2) is 4.39 Å². The van der Waals surface area contributed by atoms with E-state index in [4.69, 9.17) is 4.74 Å². The van der Waals surface area contributed by atoms with Gasteiger partial charge in [-0.05, 0) is 49.6 Å². The molecule has 0 heterocycles. The number of ether oxygens (including phenoxy) is 1. The summed E-state index contributed by atoms with van der Waals surface area (Å²) < 4.78 is 20.2. The molecule has 1 N–H and O–H groups in total. The highest BCUT2D eigenvalue weighted by Crippen LogP contribution is 2.19. The summed E-state index contributed by atoms with van der Waals surface area (Å²) in [5.41, 5.74) is 0.889. The summed E-state index contributed by atoms with van der Waals surface area (Å²) in [6, 6.07) is 13.0. The lowest BCUT2D eigenvalue weighted by atomic mass is 9.95. The molecule has 0 radical (unpaired) electrons. The van der Waals surface area contributed by atoms with Crippen molar-refractivity contribution in [2.24, 2.45) is 0 Å². The molecule has 1 fully saturated rings. The second kappa shape index (κ2) is 11.3. The Morgan fingerprint density at radius 3 is 2.48 bits per heavy atom. The molecule has 1 atom stereocenters. The van der Waals surface area contributed by atoms with Crippen LogP contribution in [-0.2, 0) is 16.1 Å². The van der Waals surface area contributed by atoms with E-state index in [9.17, 15) is 14.0 Å². The van der Waals surface area contributed by atoms with Crippen molar-refractivity contribution in [3.8, 4) is 5.75 Å². The van der Waals surface area contributed by atoms with Gasteiger partial charge in [-0.3, -0.25) is 9.59 Å². The maximum absolute atomic E-state index is 13.9. The largest absolute Gasteiger partial charge is 0.481 e. The van der Waals surface area contributed by atoms with Gasteiger partial charge in [0, 0.05) is 17.1 Å². The van der Waals surface area contributed by atoms with Crippen LogP contribution >= 0.6 is 15.9 Å². The smallest absolute Gasteiger partial charge is 0.261 e. The summed E-state index contributed by atoms with van der Waals surface area (Å²) in [6.07, 6.45) is 5.35. The molecule has 166 valence electrons. The first-order chi connectivity index (χ1) is 14.9. The molecule has 0 aliphatic heterocycles. The van der Waals surface area contributed by atoms with E-state index in [-0.39, 0.29) is 36.8 Å². The SMILES string of the molecule is C[C@@H](C(=O)NC1CCCCC1)N(Cc1ccc(Br)cc1)C(=O)COc1ccccc1F. The van der Waals surface area contributed by atoms with Crippen molar-refractivity contribution in [3.05, 3.63) is 64.4 Å². The van der Waals surface area contributed by atoms with E-state index in [1.165, 1.54) is 23.5 Å². The van der Waals surface area contributed by atoms with Crippen LogP contribution in [-0.4, -0.2) is 35.4 Å². The molecule has 1 aliphatic rings. The van der Waals surface area contributed by atoms with Crippen molar-refractivity contribution in [2.45, 2.75) is 57.7 Å². The van der Waals surface area contributed by atoms with Gasteiger partial charge >= 0.3 is 0 Å². The van der Waals surface area contributed by atoms with Crippen LogP contribution in [0.4, 0.5) is 4.39 Å². The second-order valence-electron chi connectivity index (χ2n) is 7.89. The second-order valence-corrected chi connectivity index (χ2v) is 8.80. The number of nitrogens with zero attached hydrogens (tertiary/aromatic N) is 1. The minimum absolute atomic E-state index is 0.0127. The number of carbonyl (C=O) groups is 2. The highest BCUT2D eigenvalue weighted by Gasteiger charge is 2.28. The van der Waals surface area contributed by atoms with E-state index in [0.717, 1.165) is 35.7 Å². The number of hydrogen-bond donors (Lipinski definition) is 1. The van der Waals surface area contributed by atoms with Crippen LogP contribution in [0.3, 0.4) is 0 Å². The Bertz CT molecular complexity index is 885. The zero-order chi connectivity index (χ0) is 22.2. The predicted molar refractivity (Wildman–Crippen MR) is 121 cm³/mol. The van der Waals surface area contributed by atoms with Crippen molar-refractivity contribution in [1.82, 2.24) is 10.2 Å². The summed E-state index contributed by atoms with van der Waals surface area (Å²) in [6.45, 7) is 1.63. The molecule has 2 amide bonds. The Labute approximate surface area is 191 Å². The molecule has 2 aromatic carbocycles. The summed E-state index contributed by atoms with van der Waals surface area (Å²) >= 11 is 3.41. The lowest BCUT2D eigenvalue weighted by Crippen LogP contribution is -2.51. The Kier molecular flexibility index (Phi) is 8.46. The van der Waals surface area contributed by atoms with Crippen molar-refractivity contribution in [3.63, 3.8) is 0 Å². The van der Waals surface area contributed by atoms with Crippen molar-refractivity contribution < 1.29 is 18.7 Å². The minimum atomic E-state index is -0.678. The molecule has 0 aromatic heterocycles. The highest BCUT2D eigenvalue weighted by atomic mass is 79.9. The van der Waals surface area contributed by atoms with Crippen molar-refractivity contribution in [2.75, 3.05) is 6.61 Å². The number of para-hydroxylation sites is 1. The van der Waals surface area contributed by atoms with E-state index >= 15 is 0 Å².